The molecule has 1 fully saturated rings. The van der Waals surface area contributed by atoms with Gasteiger partial charge in [-0.2, -0.15) is 0 Å². The van der Waals surface area contributed by atoms with Gasteiger partial charge in [-0.1, -0.05) is 12.1 Å². The first kappa shape index (κ1) is 15.2. The second-order valence-corrected chi connectivity index (χ2v) is 7.14. The van der Waals surface area contributed by atoms with Crippen LogP contribution < -0.4 is 0 Å². The number of para-hydroxylation sites is 1. The van der Waals surface area contributed by atoms with Crippen molar-refractivity contribution in [1.82, 2.24) is 19.9 Å². The normalized spacial score (nSPS) is 18.0. The highest BCUT2D eigenvalue weighted by Gasteiger charge is 2.31. The van der Waals surface area contributed by atoms with Crippen LogP contribution in [-0.2, 0) is 0 Å². The summed E-state index contributed by atoms with van der Waals surface area (Å²) in [5, 5.41) is 1.02. The van der Waals surface area contributed by atoms with Crippen LogP contribution in [0.15, 0.2) is 36.7 Å². The molecular formula is C18H18N4OS. The number of carbonyl (C=O) groups excluding carboxylic acids is 1. The molecule has 122 valence electrons. The lowest BCUT2D eigenvalue weighted by atomic mass is 10.0. The molecule has 0 unspecified atom stereocenters. The molecule has 1 atom stereocenters. The van der Waals surface area contributed by atoms with Crippen LogP contribution in [0.4, 0.5) is 0 Å². The molecule has 1 aliphatic heterocycles. The largest absolute Gasteiger partial charge is 0.328 e. The summed E-state index contributed by atoms with van der Waals surface area (Å²) < 4.78 is 1.17. The van der Waals surface area contributed by atoms with E-state index < -0.39 is 0 Å². The molecule has 5 nitrogen and oxygen atoms in total. The number of benzene rings is 1. The fourth-order valence-corrected chi connectivity index (χ4v) is 4.23. The summed E-state index contributed by atoms with van der Waals surface area (Å²) in [4.78, 5) is 28.1. The van der Waals surface area contributed by atoms with Crippen molar-refractivity contribution < 1.29 is 4.79 Å². The third-order valence-corrected chi connectivity index (χ3v) is 5.50. The summed E-state index contributed by atoms with van der Waals surface area (Å²) in [5.41, 5.74) is 2.23. The van der Waals surface area contributed by atoms with Crippen molar-refractivity contribution in [2.45, 2.75) is 32.2 Å². The maximum absolute atomic E-state index is 12.9. The molecule has 0 aliphatic carbocycles. The summed E-state index contributed by atoms with van der Waals surface area (Å²) in [6.07, 6.45) is 6.30. The second kappa shape index (κ2) is 6.28. The van der Waals surface area contributed by atoms with Gasteiger partial charge in [0.25, 0.3) is 5.91 Å². The molecule has 3 heterocycles. The van der Waals surface area contributed by atoms with Gasteiger partial charge in [0.05, 0.1) is 28.1 Å². The SMILES string of the molecule is Cc1cnc(C(=O)N2CCCC[C@H]2c2nc3ccccc3s2)cn1. The summed E-state index contributed by atoms with van der Waals surface area (Å²) >= 11 is 1.68. The lowest BCUT2D eigenvalue weighted by molar-refractivity contribution is 0.0605. The average Bonchev–Trinajstić information content (AvgIpc) is 3.06. The first-order chi connectivity index (χ1) is 11.7. The highest BCUT2D eigenvalue weighted by Crippen LogP contribution is 2.36. The Labute approximate surface area is 144 Å². The van der Waals surface area contributed by atoms with Gasteiger partial charge in [0.2, 0.25) is 0 Å². The Morgan fingerprint density at radius 3 is 2.88 bits per heavy atom. The highest BCUT2D eigenvalue weighted by molar-refractivity contribution is 7.18. The smallest absolute Gasteiger partial charge is 0.274 e. The van der Waals surface area contributed by atoms with Gasteiger partial charge in [0.1, 0.15) is 10.7 Å². The van der Waals surface area contributed by atoms with Gasteiger partial charge in [-0.25, -0.2) is 9.97 Å². The van der Waals surface area contributed by atoms with Gasteiger partial charge >= 0.3 is 0 Å². The zero-order valence-corrected chi connectivity index (χ0v) is 14.3. The van der Waals surface area contributed by atoms with Crippen molar-refractivity contribution in [2.24, 2.45) is 0 Å². The Hall–Kier alpha value is -2.34. The molecule has 1 saturated heterocycles. The predicted octanol–water partition coefficient (Wildman–Crippen LogP) is 3.76. The van der Waals surface area contributed by atoms with Crippen molar-refractivity contribution in [3.63, 3.8) is 0 Å². The topological polar surface area (TPSA) is 59.0 Å². The average molecular weight is 338 g/mol. The van der Waals surface area contributed by atoms with E-state index in [2.05, 4.69) is 16.0 Å². The number of aromatic nitrogens is 3. The van der Waals surface area contributed by atoms with Crippen LogP contribution in [0.25, 0.3) is 10.2 Å². The Morgan fingerprint density at radius 2 is 2.08 bits per heavy atom. The lowest BCUT2D eigenvalue weighted by Crippen LogP contribution is -2.38. The van der Waals surface area contributed by atoms with E-state index in [9.17, 15) is 4.79 Å². The Balaban J connectivity index is 1.67. The minimum atomic E-state index is -0.0496. The van der Waals surface area contributed by atoms with E-state index in [1.165, 1.54) is 4.70 Å². The monoisotopic (exact) mass is 338 g/mol. The summed E-state index contributed by atoms with van der Waals surface area (Å²) in [7, 11) is 0. The molecule has 24 heavy (non-hydrogen) atoms. The molecule has 0 radical (unpaired) electrons. The van der Waals surface area contributed by atoms with Crippen LogP contribution in [0.2, 0.25) is 0 Å². The third kappa shape index (κ3) is 2.78. The van der Waals surface area contributed by atoms with Gasteiger partial charge in [-0.15, -0.1) is 11.3 Å². The van der Waals surface area contributed by atoms with Crippen molar-refractivity contribution in [1.29, 1.82) is 0 Å². The third-order valence-electron chi connectivity index (χ3n) is 4.36. The molecule has 0 spiro atoms. The Kier molecular flexibility index (Phi) is 3.98. The number of hydrogen-bond acceptors (Lipinski definition) is 5. The number of carbonyl (C=O) groups is 1. The lowest BCUT2D eigenvalue weighted by Gasteiger charge is -2.34. The quantitative estimate of drug-likeness (QED) is 0.714. The zero-order chi connectivity index (χ0) is 16.5. The zero-order valence-electron chi connectivity index (χ0n) is 13.5. The number of rotatable bonds is 2. The fraction of sp³-hybridized carbons (Fsp3) is 0.333. The molecule has 4 rings (SSSR count). The molecule has 3 aromatic rings. The van der Waals surface area contributed by atoms with E-state index in [1.807, 2.05) is 30.0 Å². The number of fused-ring (bicyclic) bond motifs is 1. The van der Waals surface area contributed by atoms with Crippen molar-refractivity contribution in [3.8, 4) is 0 Å². The van der Waals surface area contributed by atoms with Crippen LogP contribution in [-0.4, -0.2) is 32.3 Å². The standard InChI is InChI=1S/C18H18N4OS/c1-12-10-20-14(11-19-12)18(23)22-9-5-4-7-15(22)17-21-13-6-2-3-8-16(13)24-17/h2-3,6,8,10-11,15H,4-5,7,9H2,1H3/t15-/m0/s1. The van der Waals surface area contributed by atoms with Gasteiger partial charge in [-0.05, 0) is 38.3 Å². The van der Waals surface area contributed by atoms with Crippen LogP contribution in [0, 0.1) is 6.92 Å². The number of thiazole rings is 1. The first-order valence-electron chi connectivity index (χ1n) is 8.17. The highest BCUT2D eigenvalue weighted by atomic mass is 32.1. The molecule has 6 heteroatoms. The van der Waals surface area contributed by atoms with Crippen LogP contribution in [0.1, 0.15) is 46.5 Å². The van der Waals surface area contributed by atoms with E-state index in [4.69, 9.17) is 4.98 Å². The first-order valence-corrected chi connectivity index (χ1v) is 8.99. The number of hydrogen-bond donors (Lipinski definition) is 0. The van der Waals surface area contributed by atoms with E-state index in [1.54, 1.807) is 23.7 Å². The van der Waals surface area contributed by atoms with E-state index in [0.29, 0.717) is 5.69 Å². The molecular weight excluding hydrogens is 320 g/mol. The fourth-order valence-electron chi connectivity index (χ4n) is 3.11. The Morgan fingerprint density at radius 1 is 1.21 bits per heavy atom. The van der Waals surface area contributed by atoms with E-state index >= 15 is 0 Å². The maximum atomic E-state index is 12.9. The minimum absolute atomic E-state index is 0.0340. The van der Waals surface area contributed by atoms with Crippen LogP contribution in [0.5, 0.6) is 0 Å². The summed E-state index contributed by atoms with van der Waals surface area (Å²) in [6.45, 7) is 2.61. The van der Waals surface area contributed by atoms with Crippen molar-refractivity contribution >= 4 is 27.5 Å². The van der Waals surface area contributed by atoms with E-state index in [-0.39, 0.29) is 11.9 Å². The molecule has 0 bridgehead atoms. The van der Waals surface area contributed by atoms with Crippen molar-refractivity contribution in [2.75, 3.05) is 6.54 Å². The molecule has 0 N–H and O–H groups in total. The van der Waals surface area contributed by atoms with Crippen LogP contribution >= 0.6 is 11.3 Å². The van der Waals surface area contributed by atoms with Gasteiger partial charge in [0, 0.05) is 12.7 Å². The van der Waals surface area contributed by atoms with Gasteiger partial charge in [-0.3, -0.25) is 9.78 Å². The van der Waals surface area contributed by atoms with Crippen LogP contribution in [0.3, 0.4) is 0 Å². The number of piperidine rings is 1. The predicted molar refractivity (Wildman–Crippen MR) is 94.0 cm³/mol. The second-order valence-electron chi connectivity index (χ2n) is 6.07. The number of amides is 1. The number of nitrogens with zero attached hydrogens (tertiary/aromatic N) is 4. The Bertz CT molecular complexity index is 841. The minimum Gasteiger partial charge on any atom is -0.328 e. The summed E-state index contributed by atoms with van der Waals surface area (Å²) in [6, 6.07) is 8.16. The van der Waals surface area contributed by atoms with Crippen molar-refractivity contribution in [3.05, 3.63) is 53.1 Å². The molecule has 1 amide bonds. The molecule has 0 saturated carbocycles. The summed E-state index contributed by atoms with van der Waals surface area (Å²) in [5.74, 6) is -0.0496. The van der Waals surface area contributed by atoms with Gasteiger partial charge < -0.3 is 4.90 Å². The molecule has 2 aromatic heterocycles. The molecule has 1 aromatic carbocycles. The number of aryl methyl sites for hydroxylation is 1. The van der Waals surface area contributed by atoms with Gasteiger partial charge in [0.15, 0.2) is 0 Å². The molecule has 1 aliphatic rings. The maximum Gasteiger partial charge on any atom is 0.274 e. The van der Waals surface area contributed by atoms with E-state index in [0.717, 1.165) is 42.0 Å². The number of likely N-dealkylation sites (tertiary alicyclic amines) is 1.